The van der Waals surface area contributed by atoms with E-state index in [-0.39, 0.29) is 11.5 Å². The number of furan rings is 1. The normalized spacial score (nSPS) is 16.3. The number of nitrogens with zero attached hydrogens (tertiary/aromatic N) is 3. The molecule has 1 saturated heterocycles. The zero-order valence-electron chi connectivity index (χ0n) is 17.1. The minimum absolute atomic E-state index is 0.182. The van der Waals surface area contributed by atoms with Crippen LogP contribution in [0.5, 0.6) is 0 Å². The van der Waals surface area contributed by atoms with Crippen molar-refractivity contribution in [1.29, 1.82) is 0 Å². The molecule has 1 amide bonds. The lowest BCUT2D eigenvalue weighted by Crippen LogP contribution is -2.32. The van der Waals surface area contributed by atoms with Crippen molar-refractivity contribution in [3.05, 3.63) is 77.2 Å². The van der Waals surface area contributed by atoms with E-state index in [0.717, 1.165) is 5.56 Å². The van der Waals surface area contributed by atoms with Crippen LogP contribution in [-0.4, -0.2) is 52.3 Å². The number of pyridine rings is 1. The molecule has 1 aliphatic rings. The second kappa shape index (κ2) is 9.63. The van der Waals surface area contributed by atoms with Gasteiger partial charge in [0.2, 0.25) is 0 Å². The number of carboxylic acids is 1. The smallest absolute Gasteiger partial charge is 0.335 e. The van der Waals surface area contributed by atoms with Crippen LogP contribution in [-0.2, 0) is 9.53 Å². The van der Waals surface area contributed by atoms with E-state index in [0.29, 0.717) is 40.4 Å². The second-order valence-electron chi connectivity index (χ2n) is 6.75. The summed E-state index contributed by atoms with van der Waals surface area (Å²) < 4.78 is 11.0. The fraction of sp³-hybridized carbons (Fsp3) is 0.130. The van der Waals surface area contributed by atoms with Gasteiger partial charge in [-0.05, 0) is 48.2 Å². The van der Waals surface area contributed by atoms with Crippen LogP contribution in [0.15, 0.2) is 75.2 Å². The number of carbonyl (C=O) groups is 2. The fourth-order valence-electron chi connectivity index (χ4n) is 2.99. The summed E-state index contributed by atoms with van der Waals surface area (Å²) in [5.41, 5.74) is 1.59. The maximum atomic E-state index is 13.0. The minimum atomic E-state index is -0.986. The quantitative estimate of drug-likeness (QED) is 0.537. The lowest BCUT2D eigenvalue weighted by atomic mass is 10.1. The highest BCUT2D eigenvalue weighted by atomic mass is 32.2. The molecule has 9 heteroatoms. The summed E-state index contributed by atoms with van der Waals surface area (Å²) in [4.78, 5) is 34.7. The SMILES string of the molecule is COCCN1C(=O)/C(=C/c2ccc(-c3ccc(C(=O)O)cc3)o2)SC1=Nc1cccnc1. The van der Waals surface area contributed by atoms with Gasteiger partial charge in [-0.3, -0.25) is 14.7 Å². The highest BCUT2D eigenvalue weighted by molar-refractivity contribution is 8.18. The van der Waals surface area contributed by atoms with Crippen LogP contribution >= 0.6 is 11.8 Å². The van der Waals surface area contributed by atoms with Crippen molar-refractivity contribution in [2.75, 3.05) is 20.3 Å². The van der Waals surface area contributed by atoms with Crippen LogP contribution in [0, 0.1) is 0 Å². The molecule has 0 saturated carbocycles. The van der Waals surface area contributed by atoms with E-state index in [1.165, 1.54) is 23.9 Å². The van der Waals surface area contributed by atoms with Gasteiger partial charge in [-0.15, -0.1) is 0 Å². The zero-order chi connectivity index (χ0) is 22.5. The average Bonchev–Trinajstić information content (AvgIpc) is 3.38. The van der Waals surface area contributed by atoms with Gasteiger partial charge < -0.3 is 14.3 Å². The first kappa shape index (κ1) is 21.5. The predicted molar refractivity (Wildman–Crippen MR) is 122 cm³/mol. The number of benzene rings is 1. The molecule has 3 aromatic rings. The number of aliphatic imine (C=N–C) groups is 1. The standard InChI is InChI=1S/C23H19N3O5S/c1-30-12-11-26-21(27)20(32-23(26)25-17-3-2-10-24-14-17)13-18-8-9-19(31-18)15-4-6-16(7-5-15)22(28)29/h2-10,13-14H,11-12H2,1H3,(H,28,29)/b20-13-,25-23?. The van der Waals surface area contributed by atoms with Gasteiger partial charge >= 0.3 is 5.97 Å². The van der Waals surface area contributed by atoms with E-state index in [9.17, 15) is 9.59 Å². The Hall–Kier alpha value is -3.69. The average molecular weight is 449 g/mol. The Labute approximate surface area is 188 Å². The van der Waals surface area contributed by atoms with Crippen molar-refractivity contribution < 1.29 is 23.8 Å². The molecule has 3 heterocycles. The Balaban J connectivity index is 1.59. The van der Waals surface area contributed by atoms with Crippen LogP contribution in [0.4, 0.5) is 5.69 Å². The lowest BCUT2D eigenvalue weighted by Gasteiger charge is -2.14. The summed E-state index contributed by atoms with van der Waals surface area (Å²) in [7, 11) is 1.58. The Bertz CT molecular complexity index is 1190. The molecule has 1 N–H and O–H groups in total. The van der Waals surface area contributed by atoms with Crippen molar-refractivity contribution in [2.24, 2.45) is 4.99 Å². The van der Waals surface area contributed by atoms with E-state index in [1.807, 2.05) is 6.07 Å². The molecule has 1 aromatic carbocycles. The first-order valence-corrected chi connectivity index (χ1v) is 10.5. The monoisotopic (exact) mass is 449 g/mol. The first-order chi connectivity index (χ1) is 15.5. The van der Waals surface area contributed by atoms with Crippen LogP contribution in [0.25, 0.3) is 17.4 Å². The number of hydrogen-bond donors (Lipinski definition) is 1. The van der Waals surface area contributed by atoms with Gasteiger partial charge in [0.1, 0.15) is 11.5 Å². The number of methoxy groups -OCH3 is 1. The number of carboxylic acid groups (broad SMARTS) is 1. The predicted octanol–water partition coefficient (Wildman–Crippen LogP) is 4.29. The molecule has 2 aromatic heterocycles. The summed E-state index contributed by atoms with van der Waals surface area (Å²) in [6, 6.07) is 13.5. The van der Waals surface area contributed by atoms with E-state index in [2.05, 4.69) is 9.98 Å². The molecule has 32 heavy (non-hydrogen) atoms. The van der Waals surface area contributed by atoms with Gasteiger partial charge in [0.15, 0.2) is 5.17 Å². The van der Waals surface area contributed by atoms with Crippen molar-refractivity contribution in [2.45, 2.75) is 0 Å². The fourth-order valence-corrected chi connectivity index (χ4v) is 4.00. The second-order valence-corrected chi connectivity index (χ2v) is 7.76. The van der Waals surface area contributed by atoms with Crippen LogP contribution in [0.1, 0.15) is 16.1 Å². The highest BCUT2D eigenvalue weighted by Crippen LogP contribution is 2.34. The molecular formula is C23H19N3O5S. The molecule has 0 atom stereocenters. The number of thioether (sulfide) groups is 1. The number of ether oxygens (including phenoxy) is 1. The van der Waals surface area contributed by atoms with Crippen molar-refractivity contribution in [3.63, 3.8) is 0 Å². The van der Waals surface area contributed by atoms with Crippen LogP contribution < -0.4 is 0 Å². The molecule has 4 rings (SSSR count). The first-order valence-electron chi connectivity index (χ1n) is 9.68. The van der Waals surface area contributed by atoms with E-state index in [4.69, 9.17) is 14.3 Å². The summed E-state index contributed by atoms with van der Waals surface area (Å²) in [6.07, 6.45) is 4.96. The summed E-state index contributed by atoms with van der Waals surface area (Å²) in [6.45, 7) is 0.751. The molecule has 0 radical (unpaired) electrons. The molecule has 0 unspecified atom stereocenters. The van der Waals surface area contributed by atoms with E-state index in [1.54, 1.807) is 60.8 Å². The third kappa shape index (κ3) is 4.79. The van der Waals surface area contributed by atoms with Gasteiger partial charge in [0.05, 0.1) is 35.5 Å². The van der Waals surface area contributed by atoms with E-state index < -0.39 is 5.97 Å². The lowest BCUT2D eigenvalue weighted by molar-refractivity contribution is -0.122. The van der Waals surface area contributed by atoms with Gasteiger partial charge in [-0.1, -0.05) is 12.1 Å². The summed E-state index contributed by atoms with van der Waals surface area (Å²) in [5.74, 6) is -0.0874. The summed E-state index contributed by atoms with van der Waals surface area (Å²) >= 11 is 1.26. The van der Waals surface area contributed by atoms with Crippen LogP contribution in [0.3, 0.4) is 0 Å². The van der Waals surface area contributed by atoms with Crippen molar-refractivity contribution in [3.8, 4) is 11.3 Å². The van der Waals surface area contributed by atoms with Gasteiger partial charge in [0.25, 0.3) is 5.91 Å². The number of amides is 1. The largest absolute Gasteiger partial charge is 0.478 e. The molecule has 1 fully saturated rings. The number of hydrogen-bond acceptors (Lipinski definition) is 7. The van der Waals surface area contributed by atoms with E-state index >= 15 is 0 Å². The number of amidine groups is 1. The van der Waals surface area contributed by atoms with Gasteiger partial charge in [-0.25, -0.2) is 9.79 Å². The molecule has 1 aliphatic heterocycles. The maximum Gasteiger partial charge on any atom is 0.335 e. The number of carbonyl (C=O) groups excluding carboxylic acids is 1. The third-order valence-electron chi connectivity index (χ3n) is 4.59. The number of aromatic nitrogens is 1. The highest BCUT2D eigenvalue weighted by Gasteiger charge is 2.33. The van der Waals surface area contributed by atoms with Crippen LogP contribution in [0.2, 0.25) is 0 Å². The Kier molecular flexibility index (Phi) is 6.48. The Morgan fingerprint density at radius 1 is 1.25 bits per heavy atom. The summed E-state index contributed by atoms with van der Waals surface area (Å²) in [5, 5.41) is 9.58. The third-order valence-corrected chi connectivity index (χ3v) is 5.60. The molecule has 0 aliphatic carbocycles. The topological polar surface area (TPSA) is 105 Å². The molecule has 162 valence electrons. The molecular weight excluding hydrogens is 430 g/mol. The van der Waals surface area contributed by atoms with Crippen molar-refractivity contribution >= 4 is 40.6 Å². The Morgan fingerprint density at radius 3 is 2.75 bits per heavy atom. The van der Waals surface area contributed by atoms with Gasteiger partial charge in [-0.2, -0.15) is 0 Å². The van der Waals surface area contributed by atoms with Gasteiger partial charge in [0, 0.05) is 24.9 Å². The number of aromatic carboxylic acids is 1. The molecule has 0 bridgehead atoms. The minimum Gasteiger partial charge on any atom is -0.478 e. The molecule has 8 nitrogen and oxygen atoms in total. The number of rotatable bonds is 7. The molecule has 0 spiro atoms. The van der Waals surface area contributed by atoms with Crippen molar-refractivity contribution in [1.82, 2.24) is 9.88 Å². The maximum absolute atomic E-state index is 13.0. The zero-order valence-corrected chi connectivity index (χ0v) is 17.9. The Morgan fingerprint density at radius 2 is 2.06 bits per heavy atom.